The number of para-hydroxylation sites is 2. The van der Waals surface area contributed by atoms with Crippen molar-refractivity contribution in [3.63, 3.8) is 0 Å². The number of fused-ring (bicyclic) bond motifs is 2. The van der Waals surface area contributed by atoms with Crippen LogP contribution in [0.4, 0.5) is 8.78 Å². The predicted molar refractivity (Wildman–Crippen MR) is 198 cm³/mol. The highest BCUT2D eigenvalue weighted by Crippen LogP contribution is 2.47. The van der Waals surface area contributed by atoms with Crippen LogP contribution in [0.1, 0.15) is 30.4 Å². The number of likely N-dealkylation sites (tertiary alicyclic amines) is 1. The first-order valence-electron chi connectivity index (χ1n) is 17.2. The maximum atomic E-state index is 13.8. The molecule has 5 aromatic carbocycles. The monoisotopic (exact) mass is 773 g/mol. The first kappa shape index (κ1) is 39.8. The molecule has 0 saturated carbocycles. The van der Waals surface area contributed by atoms with Crippen LogP contribution in [0.25, 0.3) is 22.8 Å². The van der Waals surface area contributed by atoms with Gasteiger partial charge in [0.15, 0.2) is 5.69 Å². The van der Waals surface area contributed by atoms with E-state index in [4.69, 9.17) is 24.8 Å². The van der Waals surface area contributed by atoms with Crippen LogP contribution < -0.4 is 26.7 Å². The van der Waals surface area contributed by atoms with Gasteiger partial charge in [-0.05, 0) is 103 Å². The maximum Gasteiger partial charge on any atom is 0.340 e. The van der Waals surface area contributed by atoms with Crippen LogP contribution in [-0.4, -0.2) is 57.2 Å². The number of tetrazole rings is 1. The van der Waals surface area contributed by atoms with Gasteiger partial charge in [0, 0.05) is 22.3 Å². The number of halogens is 4. The summed E-state index contributed by atoms with van der Waals surface area (Å²) in [6.45, 7) is 2.56. The summed E-state index contributed by atoms with van der Waals surface area (Å²) in [4.78, 5) is 16.6. The Hall–Kier alpha value is -5.36. The van der Waals surface area contributed by atoms with Gasteiger partial charge < -0.3 is 31.9 Å². The Morgan fingerprint density at radius 2 is 1.48 bits per heavy atom. The summed E-state index contributed by atoms with van der Waals surface area (Å²) < 4.78 is 39.2. The lowest BCUT2D eigenvalue weighted by atomic mass is 9.74. The van der Waals surface area contributed by atoms with Crippen LogP contribution in [0.15, 0.2) is 127 Å². The summed E-state index contributed by atoms with van der Waals surface area (Å²) >= 11 is 0. The number of nitrogens with zero attached hydrogens (tertiary/aromatic N) is 5. The van der Waals surface area contributed by atoms with E-state index in [1.807, 2.05) is 113 Å². The van der Waals surface area contributed by atoms with Gasteiger partial charge >= 0.3 is 11.8 Å². The number of ether oxygens (including phenoxy) is 2. The second kappa shape index (κ2) is 18.1. The van der Waals surface area contributed by atoms with Crippen molar-refractivity contribution < 1.29 is 45.4 Å². The molecule has 1 aromatic heterocycles. The Balaban J connectivity index is 0.000000205. The fourth-order valence-corrected chi connectivity index (χ4v) is 6.57. The molecule has 1 spiro atoms. The van der Waals surface area contributed by atoms with Crippen LogP contribution in [0.3, 0.4) is 0 Å². The number of carbonyl (C=O) groups is 1. The summed E-state index contributed by atoms with van der Waals surface area (Å²) in [5, 5.41) is 18.3. The van der Waals surface area contributed by atoms with Crippen molar-refractivity contribution in [3.8, 4) is 34.3 Å². The number of aliphatic carboxylic acids is 1. The SMILES string of the molecule is Cl.O=C(O)CCN1CCC2(CC1)COc1ccc(OCc3c(F)cccc3F)cc12.[Cl-].c1ccc(-c2nn(-c3ccccc3)[n+](-c3ccccc3)n2)cc1. The smallest absolute Gasteiger partial charge is 0.340 e. The molecule has 0 aliphatic carbocycles. The first-order chi connectivity index (χ1) is 25.4. The molecule has 2 aliphatic rings. The third-order valence-electron chi connectivity index (χ3n) is 9.49. The Kier molecular flexibility index (Phi) is 13.4. The van der Waals surface area contributed by atoms with Crippen LogP contribution in [-0.2, 0) is 16.8 Å². The van der Waals surface area contributed by atoms with Crippen LogP contribution in [0.2, 0.25) is 0 Å². The quantitative estimate of drug-likeness (QED) is 0.218. The standard InChI is InChI=1S/C22H23F2NO4.C19H15N4.2ClH/c23-18-2-1-3-19(24)16(18)13-28-15-4-5-20-17(12-15)22(14-29-20)7-10-25(11-8-22)9-6-21(26)27;1-4-10-16(11-5-1)19-20-22(17-12-6-2-7-13-17)23(21-19)18-14-8-3-9-15-18;;/h1-5,12H,6-11,13-14H2,(H,26,27);1-15H;2*1H/q;+1;;/p-1. The van der Waals surface area contributed by atoms with E-state index in [2.05, 4.69) is 4.90 Å². The van der Waals surface area contributed by atoms with Crippen molar-refractivity contribution >= 4 is 18.4 Å². The van der Waals surface area contributed by atoms with E-state index < -0.39 is 17.6 Å². The average Bonchev–Trinajstić information content (AvgIpc) is 3.78. The number of carboxylic acids is 1. The Morgan fingerprint density at radius 1 is 0.852 bits per heavy atom. The highest BCUT2D eigenvalue weighted by atomic mass is 35.5. The zero-order valence-electron chi connectivity index (χ0n) is 29.2. The van der Waals surface area contributed by atoms with Crippen LogP contribution in [0.5, 0.6) is 11.5 Å². The van der Waals surface area contributed by atoms with E-state index in [0.717, 1.165) is 54.2 Å². The lowest BCUT2D eigenvalue weighted by Crippen LogP contribution is -3.00. The van der Waals surface area contributed by atoms with Crippen LogP contribution in [0, 0.1) is 11.6 Å². The molecule has 6 aromatic rings. The molecule has 0 unspecified atom stereocenters. The van der Waals surface area contributed by atoms with Crippen molar-refractivity contribution in [2.45, 2.75) is 31.3 Å². The second-order valence-corrected chi connectivity index (χ2v) is 12.8. The molecule has 1 N–H and O–H groups in total. The summed E-state index contributed by atoms with van der Waals surface area (Å²) in [7, 11) is 0. The predicted octanol–water partition coefficient (Wildman–Crippen LogP) is 4.38. The third kappa shape index (κ3) is 9.04. The summed E-state index contributed by atoms with van der Waals surface area (Å²) in [5.74, 6) is 0.0172. The number of carboxylic acid groups (broad SMARTS) is 1. The minimum Gasteiger partial charge on any atom is -1.00 e. The van der Waals surface area contributed by atoms with Gasteiger partial charge in [-0.2, -0.15) is 0 Å². The number of piperidine rings is 1. The molecule has 9 nitrogen and oxygen atoms in total. The molecule has 280 valence electrons. The van der Waals surface area contributed by atoms with Gasteiger partial charge in [0.05, 0.1) is 29.3 Å². The Bertz CT molecular complexity index is 2060. The number of rotatable bonds is 9. The summed E-state index contributed by atoms with van der Waals surface area (Å²) in [6.07, 6.45) is 1.88. The zero-order valence-corrected chi connectivity index (χ0v) is 30.8. The largest absolute Gasteiger partial charge is 1.00 e. The number of hydrogen-bond donors (Lipinski definition) is 1. The number of benzene rings is 5. The molecular formula is C41H39Cl2F2N5O4. The van der Waals surface area contributed by atoms with E-state index in [-0.39, 0.29) is 48.8 Å². The molecule has 1 saturated heterocycles. The molecular weight excluding hydrogens is 735 g/mol. The second-order valence-electron chi connectivity index (χ2n) is 12.8. The van der Waals surface area contributed by atoms with Gasteiger partial charge in [-0.3, -0.25) is 4.79 Å². The molecule has 0 atom stereocenters. The van der Waals surface area contributed by atoms with Gasteiger partial charge in [0.1, 0.15) is 35.4 Å². The highest BCUT2D eigenvalue weighted by Gasteiger charge is 2.43. The highest BCUT2D eigenvalue weighted by molar-refractivity contribution is 5.85. The van der Waals surface area contributed by atoms with Crippen molar-refractivity contribution in [2.24, 2.45) is 0 Å². The number of aromatic nitrogens is 4. The summed E-state index contributed by atoms with van der Waals surface area (Å²) in [5.41, 5.74) is 3.76. The molecule has 0 amide bonds. The van der Waals surface area contributed by atoms with Crippen LogP contribution >= 0.6 is 12.4 Å². The molecule has 8 rings (SSSR count). The molecule has 1 fully saturated rings. The normalized spacial score (nSPS) is 14.0. The Morgan fingerprint density at radius 3 is 2.13 bits per heavy atom. The lowest BCUT2D eigenvalue weighted by Gasteiger charge is -2.38. The van der Waals surface area contributed by atoms with E-state index in [1.54, 1.807) is 6.07 Å². The first-order valence-corrected chi connectivity index (χ1v) is 17.2. The minimum atomic E-state index is -0.784. The Labute approximate surface area is 324 Å². The fraction of sp³-hybridized carbons (Fsp3) is 0.220. The van der Waals surface area contributed by atoms with Gasteiger partial charge in [-0.15, -0.1) is 12.4 Å². The van der Waals surface area contributed by atoms with E-state index in [9.17, 15) is 13.6 Å². The van der Waals surface area contributed by atoms with Gasteiger partial charge in [-0.25, -0.2) is 8.78 Å². The molecule has 54 heavy (non-hydrogen) atoms. The average molecular weight is 775 g/mol. The molecule has 13 heteroatoms. The topological polar surface area (TPSA) is 93.6 Å². The van der Waals surface area contributed by atoms with Gasteiger partial charge in [-0.1, -0.05) is 60.7 Å². The van der Waals surface area contributed by atoms with Crippen molar-refractivity contribution in [1.29, 1.82) is 0 Å². The van der Waals surface area contributed by atoms with Crippen molar-refractivity contribution in [1.82, 2.24) is 19.9 Å². The van der Waals surface area contributed by atoms with Crippen molar-refractivity contribution in [3.05, 3.63) is 150 Å². The minimum absolute atomic E-state index is 0. The lowest BCUT2D eigenvalue weighted by molar-refractivity contribution is -0.734. The van der Waals surface area contributed by atoms with Gasteiger partial charge in [0.25, 0.3) is 0 Å². The fourth-order valence-electron chi connectivity index (χ4n) is 6.57. The molecule has 0 bridgehead atoms. The third-order valence-corrected chi connectivity index (χ3v) is 9.49. The van der Waals surface area contributed by atoms with Gasteiger partial charge in [0.2, 0.25) is 0 Å². The zero-order chi connectivity index (χ0) is 35.9. The van der Waals surface area contributed by atoms with Crippen molar-refractivity contribution in [2.75, 3.05) is 26.2 Å². The van der Waals surface area contributed by atoms with E-state index in [1.165, 1.54) is 18.2 Å². The van der Waals surface area contributed by atoms with E-state index >= 15 is 0 Å². The summed E-state index contributed by atoms with van der Waals surface area (Å²) in [6, 6.07) is 39.3. The molecule has 0 radical (unpaired) electrons. The molecule has 3 heterocycles. The number of hydrogen-bond acceptors (Lipinski definition) is 6. The molecule has 2 aliphatic heterocycles. The maximum absolute atomic E-state index is 13.8. The van der Waals surface area contributed by atoms with E-state index in [0.29, 0.717) is 24.7 Å².